The van der Waals surface area contributed by atoms with Gasteiger partial charge in [0.05, 0.1) is 11.1 Å². The van der Waals surface area contributed by atoms with Crippen LogP contribution >= 0.6 is 11.3 Å². The second kappa shape index (κ2) is 5.73. The van der Waals surface area contributed by atoms with E-state index in [9.17, 15) is 9.59 Å². The highest BCUT2D eigenvalue weighted by Gasteiger charge is 2.26. The number of hydrogen-bond donors (Lipinski definition) is 0. The van der Waals surface area contributed by atoms with E-state index in [0.29, 0.717) is 16.0 Å². The topological polar surface area (TPSA) is 47.3 Å². The third-order valence-corrected chi connectivity index (χ3v) is 4.55. The van der Waals surface area contributed by atoms with Crippen molar-refractivity contribution in [3.05, 3.63) is 69.8 Å². The molecule has 0 atom stereocenters. The molecule has 0 amide bonds. The van der Waals surface area contributed by atoms with Crippen molar-refractivity contribution in [1.82, 2.24) is 0 Å². The van der Waals surface area contributed by atoms with E-state index in [1.54, 1.807) is 12.1 Å². The highest BCUT2D eigenvalue weighted by molar-refractivity contribution is 7.15. The van der Waals surface area contributed by atoms with Crippen molar-refractivity contribution in [2.24, 2.45) is 0 Å². The highest BCUT2D eigenvalue weighted by atomic mass is 32.1. The van der Waals surface area contributed by atoms with Gasteiger partial charge in [-0.3, -0.25) is 9.59 Å². The fourth-order valence-electron chi connectivity index (χ4n) is 2.53. The number of carbonyl (C=O) groups excluding carboxylic acids is 2. The SMILES string of the molecule is CC(=O)c1c(C)sc(C(=O)c2ccco2)c1-c1ccccc1. The number of aryl methyl sites for hydroxylation is 1. The maximum Gasteiger partial charge on any atom is 0.238 e. The van der Waals surface area contributed by atoms with E-state index in [1.165, 1.54) is 24.5 Å². The Kier molecular flexibility index (Phi) is 3.77. The van der Waals surface area contributed by atoms with Gasteiger partial charge in [0, 0.05) is 16.0 Å². The lowest BCUT2D eigenvalue weighted by Crippen LogP contribution is -2.01. The number of furan rings is 1. The smallest absolute Gasteiger partial charge is 0.238 e. The number of rotatable bonds is 4. The summed E-state index contributed by atoms with van der Waals surface area (Å²) in [5.41, 5.74) is 2.19. The average molecular weight is 310 g/mol. The third kappa shape index (κ3) is 2.42. The summed E-state index contributed by atoms with van der Waals surface area (Å²) in [7, 11) is 0. The van der Waals surface area contributed by atoms with Crippen LogP contribution in [0.15, 0.2) is 53.1 Å². The van der Waals surface area contributed by atoms with E-state index in [-0.39, 0.29) is 17.3 Å². The van der Waals surface area contributed by atoms with Crippen LogP contribution in [0.1, 0.15) is 37.6 Å². The minimum Gasteiger partial charge on any atom is -0.461 e. The third-order valence-electron chi connectivity index (χ3n) is 3.45. The lowest BCUT2D eigenvalue weighted by Gasteiger charge is -2.05. The summed E-state index contributed by atoms with van der Waals surface area (Å²) in [4.78, 5) is 26.1. The summed E-state index contributed by atoms with van der Waals surface area (Å²) in [6.07, 6.45) is 1.47. The number of hydrogen-bond acceptors (Lipinski definition) is 4. The maximum absolute atomic E-state index is 12.7. The van der Waals surface area contributed by atoms with E-state index >= 15 is 0 Å². The van der Waals surface area contributed by atoms with Crippen LogP contribution in [0.25, 0.3) is 11.1 Å². The minimum atomic E-state index is -0.190. The normalized spacial score (nSPS) is 10.6. The molecule has 22 heavy (non-hydrogen) atoms. The van der Waals surface area contributed by atoms with Gasteiger partial charge in [0.2, 0.25) is 5.78 Å². The largest absolute Gasteiger partial charge is 0.461 e. The molecule has 0 saturated heterocycles. The summed E-state index contributed by atoms with van der Waals surface area (Å²) in [5.74, 6) is 0.0593. The molecule has 3 nitrogen and oxygen atoms in total. The van der Waals surface area contributed by atoms with Gasteiger partial charge in [-0.1, -0.05) is 30.3 Å². The quantitative estimate of drug-likeness (QED) is 0.653. The van der Waals surface area contributed by atoms with Crippen LogP contribution in [-0.4, -0.2) is 11.6 Å². The minimum absolute atomic E-state index is 0.0360. The van der Waals surface area contributed by atoms with E-state index in [4.69, 9.17) is 4.42 Å². The zero-order chi connectivity index (χ0) is 15.7. The zero-order valence-electron chi connectivity index (χ0n) is 12.3. The van der Waals surface area contributed by atoms with Gasteiger partial charge in [-0.05, 0) is 31.5 Å². The van der Waals surface area contributed by atoms with Gasteiger partial charge in [0.15, 0.2) is 11.5 Å². The predicted molar refractivity (Wildman–Crippen MR) is 86.6 cm³/mol. The molecule has 3 aromatic rings. The van der Waals surface area contributed by atoms with Crippen molar-refractivity contribution >= 4 is 22.9 Å². The summed E-state index contributed by atoms with van der Waals surface area (Å²) >= 11 is 1.34. The molecule has 0 N–H and O–H groups in total. The van der Waals surface area contributed by atoms with Crippen LogP contribution in [0.5, 0.6) is 0 Å². The van der Waals surface area contributed by atoms with Crippen LogP contribution in [0.4, 0.5) is 0 Å². The van der Waals surface area contributed by atoms with Gasteiger partial charge >= 0.3 is 0 Å². The molecule has 1 aromatic carbocycles. The van der Waals surface area contributed by atoms with Gasteiger partial charge in [0.25, 0.3) is 0 Å². The van der Waals surface area contributed by atoms with E-state index in [0.717, 1.165) is 10.4 Å². The second-order valence-corrected chi connectivity index (χ2v) is 6.19. The van der Waals surface area contributed by atoms with Crippen molar-refractivity contribution in [2.75, 3.05) is 0 Å². The Balaban J connectivity index is 2.25. The summed E-state index contributed by atoms with van der Waals surface area (Å²) in [6, 6.07) is 12.8. The standard InChI is InChI=1S/C18H14O3S/c1-11(19)15-12(2)22-18(17(20)14-9-6-10-21-14)16(15)13-7-4-3-5-8-13/h3-10H,1-2H3. The molecule has 4 heteroatoms. The lowest BCUT2D eigenvalue weighted by atomic mass is 9.96. The molecule has 0 fully saturated rings. The van der Waals surface area contributed by atoms with Crippen molar-refractivity contribution in [2.45, 2.75) is 13.8 Å². The van der Waals surface area contributed by atoms with Crippen LogP contribution in [0.2, 0.25) is 0 Å². The van der Waals surface area contributed by atoms with Crippen LogP contribution in [-0.2, 0) is 0 Å². The molecule has 0 bridgehead atoms. The molecular formula is C18H14O3S. The fraction of sp³-hybridized carbons (Fsp3) is 0.111. The Morgan fingerprint density at radius 1 is 1.05 bits per heavy atom. The van der Waals surface area contributed by atoms with E-state index < -0.39 is 0 Å². The highest BCUT2D eigenvalue weighted by Crippen LogP contribution is 2.38. The fourth-order valence-corrected chi connectivity index (χ4v) is 3.70. The van der Waals surface area contributed by atoms with Gasteiger partial charge in [-0.15, -0.1) is 11.3 Å². The number of benzene rings is 1. The lowest BCUT2D eigenvalue weighted by molar-refractivity contribution is 0.101. The molecule has 0 spiro atoms. The zero-order valence-corrected chi connectivity index (χ0v) is 13.1. The van der Waals surface area contributed by atoms with Crippen molar-refractivity contribution in [1.29, 1.82) is 0 Å². The summed E-state index contributed by atoms with van der Waals surface area (Å²) < 4.78 is 5.22. The first-order valence-corrected chi connectivity index (χ1v) is 7.69. The Bertz CT molecular complexity index is 827. The van der Waals surface area contributed by atoms with Gasteiger partial charge < -0.3 is 4.42 Å². The average Bonchev–Trinajstić information content (AvgIpc) is 3.14. The number of carbonyl (C=O) groups is 2. The van der Waals surface area contributed by atoms with E-state index in [2.05, 4.69) is 0 Å². The van der Waals surface area contributed by atoms with Crippen LogP contribution in [0, 0.1) is 6.92 Å². The van der Waals surface area contributed by atoms with Gasteiger partial charge in [-0.25, -0.2) is 0 Å². The second-order valence-electron chi connectivity index (χ2n) is 4.97. The Hall–Kier alpha value is -2.46. The van der Waals surface area contributed by atoms with Crippen molar-refractivity contribution in [3.8, 4) is 11.1 Å². The molecule has 0 saturated carbocycles. The molecule has 0 aliphatic carbocycles. The van der Waals surface area contributed by atoms with Crippen LogP contribution < -0.4 is 0 Å². The molecule has 3 rings (SSSR count). The Labute approximate surface area is 132 Å². The molecule has 110 valence electrons. The molecule has 0 aliphatic rings. The first kappa shape index (κ1) is 14.5. The molecule has 0 radical (unpaired) electrons. The number of Topliss-reactive ketones (excluding diaryl/α,β-unsaturated/α-hetero) is 1. The molecular weight excluding hydrogens is 296 g/mol. The van der Waals surface area contributed by atoms with Crippen molar-refractivity contribution in [3.63, 3.8) is 0 Å². The van der Waals surface area contributed by atoms with Crippen molar-refractivity contribution < 1.29 is 14.0 Å². The number of ketones is 2. The first-order chi connectivity index (χ1) is 10.6. The van der Waals surface area contributed by atoms with E-state index in [1.807, 2.05) is 37.3 Å². The first-order valence-electron chi connectivity index (χ1n) is 6.87. The number of thiophene rings is 1. The predicted octanol–water partition coefficient (Wildman–Crippen LogP) is 4.75. The molecule has 2 heterocycles. The molecule has 0 unspecified atom stereocenters. The van der Waals surface area contributed by atoms with Crippen LogP contribution in [0.3, 0.4) is 0 Å². The monoisotopic (exact) mass is 310 g/mol. The Morgan fingerprint density at radius 3 is 2.36 bits per heavy atom. The Morgan fingerprint density at radius 2 is 1.77 bits per heavy atom. The summed E-state index contributed by atoms with van der Waals surface area (Å²) in [6.45, 7) is 3.40. The molecule has 0 aliphatic heterocycles. The summed E-state index contributed by atoms with van der Waals surface area (Å²) in [5, 5.41) is 0. The molecule has 2 aromatic heterocycles. The van der Waals surface area contributed by atoms with Gasteiger partial charge in [-0.2, -0.15) is 0 Å². The maximum atomic E-state index is 12.7. The van der Waals surface area contributed by atoms with Gasteiger partial charge in [0.1, 0.15) is 0 Å².